The summed E-state index contributed by atoms with van der Waals surface area (Å²) >= 11 is 6.04. The number of carboxylic acids is 1. The number of nitrogens with two attached hydrogens (primary N) is 1. The molecule has 5 nitrogen and oxygen atoms in total. The van der Waals surface area contributed by atoms with E-state index in [1.54, 1.807) is 25.1 Å². The van der Waals surface area contributed by atoms with Gasteiger partial charge in [0, 0.05) is 11.4 Å². The van der Waals surface area contributed by atoms with E-state index in [1.165, 1.54) is 10.7 Å². The van der Waals surface area contributed by atoms with E-state index < -0.39 is 5.97 Å². The fraction of sp³-hybridized carbons (Fsp3) is 0.0909. The summed E-state index contributed by atoms with van der Waals surface area (Å²) in [5, 5.41) is 13.2. The van der Waals surface area contributed by atoms with Crippen molar-refractivity contribution in [3.63, 3.8) is 0 Å². The number of benzene rings is 1. The molecule has 0 spiro atoms. The van der Waals surface area contributed by atoms with Crippen LogP contribution in [0.25, 0.3) is 5.69 Å². The van der Waals surface area contributed by atoms with Crippen LogP contribution in [0.5, 0.6) is 0 Å². The fourth-order valence-electron chi connectivity index (χ4n) is 1.52. The maximum atomic E-state index is 10.8. The molecule has 17 heavy (non-hydrogen) atoms. The largest absolute Gasteiger partial charge is 0.476 e. The highest BCUT2D eigenvalue weighted by Gasteiger charge is 2.13. The van der Waals surface area contributed by atoms with Crippen LogP contribution in [-0.2, 0) is 0 Å². The number of halogens is 1. The molecule has 2 rings (SSSR count). The third-order valence-corrected chi connectivity index (χ3v) is 2.61. The lowest BCUT2D eigenvalue weighted by Gasteiger charge is -2.07. The number of nitrogen functional groups attached to an aromatic ring is 1. The van der Waals surface area contributed by atoms with E-state index in [-0.39, 0.29) is 5.69 Å². The van der Waals surface area contributed by atoms with Crippen LogP contribution in [0.1, 0.15) is 16.2 Å². The number of aromatic nitrogens is 2. The SMILES string of the molecule is Cc1cc(C(=O)O)nn1-c1ccc(N)cc1Cl. The van der Waals surface area contributed by atoms with Crippen LogP contribution in [-0.4, -0.2) is 20.9 Å². The van der Waals surface area contributed by atoms with E-state index in [0.29, 0.717) is 22.1 Å². The van der Waals surface area contributed by atoms with Gasteiger partial charge in [-0.2, -0.15) is 5.10 Å². The van der Waals surface area contributed by atoms with Crippen molar-refractivity contribution in [2.75, 3.05) is 5.73 Å². The molecule has 0 amide bonds. The van der Waals surface area contributed by atoms with Crippen molar-refractivity contribution < 1.29 is 9.90 Å². The monoisotopic (exact) mass is 251 g/mol. The number of nitrogens with zero attached hydrogens (tertiary/aromatic N) is 2. The van der Waals surface area contributed by atoms with Gasteiger partial charge in [-0.1, -0.05) is 11.6 Å². The lowest BCUT2D eigenvalue weighted by molar-refractivity contribution is 0.0690. The quantitative estimate of drug-likeness (QED) is 0.801. The highest BCUT2D eigenvalue weighted by atomic mass is 35.5. The van der Waals surface area contributed by atoms with Crippen molar-refractivity contribution in [1.82, 2.24) is 9.78 Å². The molecule has 0 aliphatic rings. The summed E-state index contributed by atoms with van der Waals surface area (Å²) in [6.45, 7) is 1.76. The van der Waals surface area contributed by atoms with Gasteiger partial charge in [-0.15, -0.1) is 0 Å². The van der Waals surface area contributed by atoms with Gasteiger partial charge < -0.3 is 10.8 Å². The fourth-order valence-corrected chi connectivity index (χ4v) is 1.79. The molecular formula is C11H10ClN3O2. The molecule has 0 radical (unpaired) electrons. The molecule has 0 bridgehead atoms. The van der Waals surface area contributed by atoms with Crippen LogP contribution in [0.3, 0.4) is 0 Å². The lowest BCUT2D eigenvalue weighted by Crippen LogP contribution is -2.03. The molecule has 3 N–H and O–H groups in total. The van der Waals surface area contributed by atoms with Crippen molar-refractivity contribution in [2.45, 2.75) is 6.92 Å². The first-order valence-electron chi connectivity index (χ1n) is 4.84. The Balaban J connectivity index is 2.56. The molecule has 0 atom stereocenters. The third kappa shape index (κ3) is 2.09. The predicted octanol–water partition coefficient (Wildman–Crippen LogP) is 2.11. The van der Waals surface area contributed by atoms with Gasteiger partial charge in [0.05, 0.1) is 10.7 Å². The van der Waals surface area contributed by atoms with Crippen LogP contribution in [0.4, 0.5) is 5.69 Å². The van der Waals surface area contributed by atoms with E-state index in [1.807, 2.05) is 0 Å². The number of aromatic carboxylic acids is 1. The number of carboxylic acid groups (broad SMARTS) is 1. The number of hydrogen-bond donors (Lipinski definition) is 2. The minimum Gasteiger partial charge on any atom is -0.476 e. The molecule has 0 fully saturated rings. The molecule has 0 unspecified atom stereocenters. The van der Waals surface area contributed by atoms with Crippen LogP contribution in [0, 0.1) is 6.92 Å². The van der Waals surface area contributed by atoms with Crippen LogP contribution >= 0.6 is 11.6 Å². The van der Waals surface area contributed by atoms with Gasteiger partial charge in [-0.05, 0) is 31.2 Å². The second-order valence-corrected chi connectivity index (χ2v) is 4.01. The molecular weight excluding hydrogens is 242 g/mol. The highest BCUT2D eigenvalue weighted by molar-refractivity contribution is 6.32. The molecule has 0 saturated carbocycles. The summed E-state index contributed by atoms with van der Waals surface area (Å²) in [5.41, 5.74) is 7.41. The summed E-state index contributed by atoms with van der Waals surface area (Å²) in [4.78, 5) is 10.8. The van der Waals surface area contributed by atoms with Crippen LogP contribution in [0.15, 0.2) is 24.3 Å². The third-order valence-electron chi connectivity index (χ3n) is 2.31. The van der Waals surface area contributed by atoms with Gasteiger partial charge in [0.15, 0.2) is 5.69 Å². The van der Waals surface area contributed by atoms with Gasteiger partial charge >= 0.3 is 5.97 Å². The number of carbonyl (C=O) groups is 1. The highest BCUT2D eigenvalue weighted by Crippen LogP contribution is 2.24. The van der Waals surface area contributed by atoms with Crippen molar-refractivity contribution >= 4 is 23.3 Å². The first-order valence-corrected chi connectivity index (χ1v) is 5.22. The van der Waals surface area contributed by atoms with Gasteiger partial charge in [0.2, 0.25) is 0 Å². The molecule has 2 aromatic rings. The number of anilines is 1. The minimum absolute atomic E-state index is 0.0182. The number of hydrogen-bond acceptors (Lipinski definition) is 3. The van der Waals surface area contributed by atoms with Gasteiger partial charge in [-0.25, -0.2) is 9.48 Å². The Hall–Kier alpha value is -2.01. The molecule has 6 heteroatoms. The topological polar surface area (TPSA) is 81.1 Å². The molecule has 1 heterocycles. The smallest absolute Gasteiger partial charge is 0.356 e. The minimum atomic E-state index is -1.07. The molecule has 0 aliphatic carbocycles. The molecule has 88 valence electrons. The Bertz CT molecular complexity index is 592. The van der Waals surface area contributed by atoms with E-state index >= 15 is 0 Å². The lowest BCUT2D eigenvalue weighted by atomic mass is 10.3. The standard InChI is InChI=1S/C11H10ClN3O2/c1-6-4-9(11(16)17)14-15(6)10-3-2-7(13)5-8(10)12/h2-5H,13H2,1H3,(H,16,17). The average molecular weight is 252 g/mol. The van der Waals surface area contributed by atoms with Crippen molar-refractivity contribution in [1.29, 1.82) is 0 Å². The summed E-state index contributed by atoms with van der Waals surface area (Å²) in [7, 11) is 0. The Kier molecular flexibility index (Phi) is 2.77. The molecule has 0 aliphatic heterocycles. The Morgan fingerprint density at radius 1 is 1.47 bits per heavy atom. The average Bonchev–Trinajstić information content (AvgIpc) is 2.61. The van der Waals surface area contributed by atoms with Crippen molar-refractivity contribution in [2.24, 2.45) is 0 Å². The van der Waals surface area contributed by atoms with E-state index in [9.17, 15) is 4.79 Å². The van der Waals surface area contributed by atoms with Crippen LogP contribution < -0.4 is 5.73 Å². The van der Waals surface area contributed by atoms with Crippen molar-refractivity contribution in [3.8, 4) is 5.69 Å². The van der Waals surface area contributed by atoms with E-state index in [4.69, 9.17) is 22.4 Å². The molecule has 0 saturated heterocycles. The molecule has 1 aromatic carbocycles. The van der Waals surface area contributed by atoms with Crippen molar-refractivity contribution in [3.05, 3.63) is 40.7 Å². The summed E-state index contributed by atoms with van der Waals surface area (Å²) in [6, 6.07) is 6.46. The maximum absolute atomic E-state index is 10.8. The number of rotatable bonds is 2. The van der Waals surface area contributed by atoms with Gasteiger partial charge in [0.25, 0.3) is 0 Å². The normalized spacial score (nSPS) is 10.5. The summed E-state index contributed by atoms with van der Waals surface area (Å²) in [6.07, 6.45) is 0. The zero-order valence-corrected chi connectivity index (χ0v) is 9.77. The zero-order valence-electron chi connectivity index (χ0n) is 9.01. The number of aryl methyl sites for hydroxylation is 1. The van der Waals surface area contributed by atoms with Crippen LogP contribution in [0.2, 0.25) is 5.02 Å². The predicted molar refractivity (Wildman–Crippen MR) is 64.7 cm³/mol. The second kappa shape index (κ2) is 4.10. The first kappa shape index (κ1) is 11.5. The Morgan fingerprint density at radius 3 is 2.71 bits per heavy atom. The Labute approximate surface area is 102 Å². The first-order chi connectivity index (χ1) is 7.99. The maximum Gasteiger partial charge on any atom is 0.356 e. The Morgan fingerprint density at radius 2 is 2.18 bits per heavy atom. The van der Waals surface area contributed by atoms with E-state index in [2.05, 4.69) is 5.10 Å². The van der Waals surface area contributed by atoms with E-state index in [0.717, 1.165) is 0 Å². The zero-order chi connectivity index (χ0) is 12.6. The summed E-state index contributed by atoms with van der Waals surface area (Å²) in [5.74, 6) is -1.07. The second-order valence-electron chi connectivity index (χ2n) is 3.60. The van der Waals surface area contributed by atoms with Gasteiger partial charge in [0.1, 0.15) is 0 Å². The van der Waals surface area contributed by atoms with Gasteiger partial charge in [-0.3, -0.25) is 0 Å². The summed E-state index contributed by atoms with van der Waals surface area (Å²) < 4.78 is 1.48. The molecule has 1 aromatic heterocycles.